The first-order valence-corrected chi connectivity index (χ1v) is 6.31. The standard InChI is InChI=1S/C12H24N2O/c1-14-7-4-11(8-14)12(9-15)10-2-5-13-6-3-10/h10-13,15H,2-9H2,1H3. The molecule has 2 aliphatic heterocycles. The molecule has 3 nitrogen and oxygen atoms in total. The van der Waals surface area contributed by atoms with Gasteiger partial charge in [-0.15, -0.1) is 0 Å². The number of likely N-dealkylation sites (tertiary alicyclic amines) is 1. The van der Waals surface area contributed by atoms with Crippen molar-refractivity contribution in [3.05, 3.63) is 0 Å². The highest BCUT2D eigenvalue weighted by Crippen LogP contribution is 2.32. The number of nitrogens with zero attached hydrogens (tertiary/aromatic N) is 1. The first-order valence-electron chi connectivity index (χ1n) is 6.31. The van der Waals surface area contributed by atoms with Gasteiger partial charge in [-0.25, -0.2) is 0 Å². The van der Waals surface area contributed by atoms with Crippen LogP contribution < -0.4 is 5.32 Å². The topological polar surface area (TPSA) is 35.5 Å². The van der Waals surface area contributed by atoms with E-state index in [0.717, 1.165) is 24.9 Å². The van der Waals surface area contributed by atoms with Crippen LogP contribution in [0.5, 0.6) is 0 Å². The Balaban J connectivity index is 1.90. The van der Waals surface area contributed by atoms with E-state index in [2.05, 4.69) is 17.3 Å². The third-order valence-electron chi connectivity index (χ3n) is 4.23. The lowest BCUT2D eigenvalue weighted by atomic mass is 9.77. The van der Waals surface area contributed by atoms with Gasteiger partial charge >= 0.3 is 0 Å². The summed E-state index contributed by atoms with van der Waals surface area (Å²) in [5, 5.41) is 13.0. The fourth-order valence-electron chi connectivity index (χ4n) is 3.27. The zero-order valence-corrected chi connectivity index (χ0v) is 9.78. The number of aliphatic hydroxyl groups is 1. The van der Waals surface area contributed by atoms with Gasteiger partial charge in [0.05, 0.1) is 0 Å². The van der Waals surface area contributed by atoms with Crippen LogP contribution in [-0.4, -0.2) is 49.8 Å². The lowest BCUT2D eigenvalue weighted by molar-refractivity contribution is 0.104. The molecule has 0 aromatic rings. The summed E-state index contributed by atoms with van der Waals surface area (Å²) in [6, 6.07) is 0. The van der Waals surface area contributed by atoms with Crippen molar-refractivity contribution < 1.29 is 5.11 Å². The highest BCUT2D eigenvalue weighted by Gasteiger charge is 2.33. The Bertz CT molecular complexity index is 187. The number of hydrogen-bond donors (Lipinski definition) is 2. The summed E-state index contributed by atoms with van der Waals surface area (Å²) in [7, 11) is 2.19. The maximum absolute atomic E-state index is 9.59. The predicted molar refractivity (Wildman–Crippen MR) is 61.8 cm³/mol. The molecule has 0 aliphatic carbocycles. The van der Waals surface area contributed by atoms with Gasteiger partial charge in [0.1, 0.15) is 0 Å². The minimum atomic E-state index is 0.392. The van der Waals surface area contributed by atoms with Gasteiger partial charge in [0.2, 0.25) is 0 Å². The van der Waals surface area contributed by atoms with Crippen molar-refractivity contribution in [3.8, 4) is 0 Å². The first-order chi connectivity index (χ1) is 7.31. The van der Waals surface area contributed by atoms with Crippen LogP contribution in [0.1, 0.15) is 19.3 Å². The first kappa shape index (κ1) is 11.4. The quantitative estimate of drug-likeness (QED) is 0.717. The van der Waals surface area contributed by atoms with Crippen molar-refractivity contribution in [2.75, 3.05) is 39.8 Å². The van der Waals surface area contributed by atoms with E-state index in [1.54, 1.807) is 0 Å². The van der Waals surface area contributed by atoms with Crippen molar-refractivity contribution >= 4 is 0 Å². The van der Waals surface area contributed by atoms with Crippen LogP contribution in [0, 0.1) is 17.8 Å². The van der Waals surface area contributed by atoms with Gasteiger partial charge in [-0.05, 0) is 63.7 Å². The van der Waals surface area contributed by atoms with Crippen LogP contribution in [0.2, 0.25) is 0 Å². The molecule has 0 spiro atoms. The molecule has 0 radical (unpaired) electrons. The summed E-state index contributed by atoms with van der Waals surface area (Å²) in [6.45, 7) is 5.08. The number of nitrogens with one attached hydrogen (secondary N) is 1. The maximum Gasteiger partial charge on any atom is 0.0465 e. The van der Waals surface area contributed by atoms with Gasteiger partial charge in [0.25, 0.3) is 0 Å². The summed E-state index contributed by atoms with van der Waals surface area (Å²) >= 11 is 0. The smallest absolute Gasteiger partial charge is 0.0465 e. The van der Waals surface area contributed by atoms with Crippen molar-refractivity contribution in [2.24, 2.45) is 17.8 Å². The molecule has 0 aromatic heterocycles. The predicted octanol–water partition coefficient (Wildman–Crippen LogP) is 0.546. The lowest BCUT2D eigenvalue weighted by Gasteiger charge is -2.33. The second-order valence-electron chi connectivity index (χ2n) is 5.24. The minimum Gasteiger partial charge on any atom is -0.396 e. The summed E-state index contributed by atoms with van der Waals surface area (Å²) in [4.78, 5) is 2.40. The molecule has 88 valence electrons. The average Bonchev–Trinajstić information content (AvgIpc) is 2.68. The Morgan fingerprint density at radius 3 is 2.53 bits per heavy atom. The van der Waals surface area contributed by atoms with Crippen LogP contribution in [-0.2, 0) is 0 Å². The number of aliphatic hydroxyl groups excluding tert-OH is 1. The van der Waals surface area contributed by atoms with Gasteiger partial charge < -0.3 is 15.3 Å². The summed E-state index contributed by atoms with van der Waals surface area (Å²) in [5.41, 5.74) is 0. The van der Waals surface area contributed by atoms with Crippen molar-refractivity contribution in [1.82, 2.24) is 10.2 Å². The molecule has 3 heteroatoms. The van der Waals surface area contributed by atoms with E-state index in [1.165, 1.54) is 32.4 Å². The number of rotatable bonds is 3. The van der Waals surface area contributed by atoms with E-state index in [1.807, 2.05) is 0 Å². The molecule has 0 amide bonds. The van der Waals surface area contributed by atoms with Gasteiger partial charge in [-0.2, -0.15) is 0 Å². The second-order valence-corrected chi connectivity index (χ2v) is 5.24. The normalized spacial score (nSPS) is 32.0. The zero-order valence-electron chi connectivity index (χ0n) is 9.78. The number of hydrogen-bond acceptors (Lipinski definition) is 3. The fourth-order valence-corrected chi connectivity index (χ4v) is 3.27. The molecule has 2 atom stereocenters. The van der Waals surface area contributed by atoms with Crippen molar-refractivity contribution in [2.45, 2.75) is 19.3 Å². The SMILES string of the molecule is CN1CCC(C(CO)C2CCNCC2)C1. The molecule has 0 bridgehead atoms. The van der Waals surface area contributed by atoms with E-state index in [4.69, 9.17) is 0 Å². The minimum absolute atomic E-state index is 0.392. The Morgan fingerprint density at radius 2 is 2.00 bits per heavy atom. The summed E-state index contributed by atoms with van der Waals surface area (Å²) in [5.74, 6) is 2.05. The molecule has 0 saturated carbocycles. The molecule has 2 aliphatic rings. The van der Waals surface area contributed by atoms with Crippen LogP contribution in [0.3, 0.4) is 0 Å². The third kappa shape index (κ3) is 2.71. The molecular weight excluding hydrogens is 188 g/mol. The second kappa shape index (κ2) is 5.28. The van der Waals surface area contributed by atoms with Crippen molar-refractivity contribution in [1.29, 1.82) is 0 Å². The third-order valence-corrected chi connectivity index (χ3v) is 4.23. The monoisotopic (exact) mass is 212 g/mol. The van der Waals surface area contributed by atoms with E-state index in [9.17, 15) is 5.11 Å². The van der Waals surface area contributed by atoms with Gasteiger partial charge in [-0.1, -0.05) is 0 Å². The molecular formula is C12H24N2O. The van der Waals surface area contributed by atoms with Gasteiger partial charge in [-0.3, -0.25) is 0 Å². The van der Waals surface area contributed by atoms with Gasteiger partial charge in [0.15, 0.2) is 0 Å². The molecule has 2 fully saturated rings. The summed E-state index contributed by atoms with van der Waals surface area (Å²) in [6.07, 6.45) is 3.79. The van der Waals surface area contributed by atoms with Gasteiger partial charge in [0, 0.05) is 13.2 Å². The molecule has 15 heavy (non-hydrogen) atoms. The highest BCUT2D eigenvalue weighted by molar-refractivity contribution is 4.85. The Hall–Kier alpha value is -0.120. The van der Waals surface area contributed by atoms with E-state index in [-0.39, 0.29) is 0 Å². The Labute approximate surface area is 92.8 Å². The molecule has 2 saturated heterocycles. The Morgan fingerprint density at radius 1 is 1.27 bits per heavy atom. The van der Waals surface area contributed by atoms with Crippen LogP contribution in [0.15, 0.2) is 0 Å². The van der Waals surface area contributed by atoms with Crippen LogP contribution >= 0.6 is 0 Å². The summed E-state index contributed by atoms with van der Waals surface area (Å²) < 4.78 is 0. The fraction of sp³-hybridized carbons (Fsp3) is 1.00. The van der Waals surface area contributed by atoms with E-state index >= 15 is 0 Å². The molecule has 2 unspecified atom stereocenters. The molecule has 2 rings (SSSR count). The Kier molecular flexibility index (Phi) is 4.00. The lowest BCUT2D eigenvalue weighted by Crippen LogP contribution is -2.36. The van der Waals surface area contributed by atoms with Crippen LogP contribution in [0.25, 0.3) is 0 Å². The van der Waals surface area contributed by atoms with E-state index in [0.29, 0.717) is 12.5 Å². The molecule has 2 heterocycles. The zero-order chi connectivity index (χ0) is 10.7. The van der Waals surface area contributed by atoms with E-state index < -0.39 is 0 Å². The maximum atomic E-state index is 9.59. The largest absolute Gasteiger partial charge is 0.396 e. The molecule has 2 N–H and O–H groups in total. The average molecular weight is 212 g/mol. The van der Waals surface area contributed by atoms with Crippen LogP contribution in [0.4, 0.5) is 0 Å². The number of piperidine rings is 1. The highest BCUT2D eigenvalue weighted by atomic mass is 16.3. The molecule has 0 aromatic carbocycles. The van der Waals surface area contributed by atoms with Crippen molar-refractivity contribution in [3.63, 3.8) is 0 Å².